The highest BCUT2D eigenvalue weighted by Gasteiger charge is 2.18. The monoisotopic (exact) mass is 441 g/mol. The second-order valence-electron chi connectivity index (χ2n) is 7.49. The Balaban J connectivity index is 1.62. The Labute approximate surface area is 186 Å². The van der Waals surface area contributed by atoms with Crippen LogP contribution in [0.1, 0.15) is 24.1 Å². The number of aromatic nitrogens is 3. The summed E-state index contributed by atoms with van der Waals surface area (Å²) in [5.41, 5.74) is 2.99. The van der Waals surface area contributed by atoms with Gasteiger partial charge in [0.1, 0.15) is 5.82 Å². The number of thioether (sulfide) groups is 1. The van der Waals surface area contributed by atoms with Crippen molar-refractivity contribution in [1.82, 2.24) is 25.0 Å². The number of hydrogen-bond donors (Lipinski definition) is 1. The van der Waals surface area contributed by atoms with Crippen molar-refractivity contribution < 1.29 is 9.18 Å². The zero-order valence-corrected chi connectivity index (χ0v) is 19.1. The van der Waals surface area contributed by atoms with Crippen LogP contribution in [-0.4, -0.2) is 52.0 Å². The van der Waals surface area contributed by atoms with Gasteiger partial charge < -0.3 is 14.8 Å². The van der Waals surface area contributed by atoms with Crippen LogP contribution in [0.25, 0.3) is 11.4 Å². The Kier molecular flexibility index (Phi) is 7.81. The van der Waals surface area contributed by atoms with Gasteiger partial charge in [-0.2, -0.15) is 0 Å². The molecule has 0 aliphatic carbocycles. The first-order valence-electron chi connectivity index (χ1n) is 10.2. The number of aryl methyl sites for hydroxylation is 1. The quantitative estimate of drug-likeness (QED) is 0.510. The molecule has 3 rings (SSSR count). The van der Waals surface area contributed by atoms with Crippen LogP contribution in [0.4, 0.5) is 4.39 Å². The molecule has 8 heteroatoms. The van der Waals surface area contributed by atoms with Gasteiger partial charge in [-0.3, -0.25) is 4.79 Å². The van der Waals surface area contributed by atoms with Crippen LogP contribution < -0.4 is 5.32 Å². The second-order valence-corrected chi connectivity index (χ2v) is 8.44. The van der Waals surface area contributed by atoms with Gasteiger partial charge in [0, 0.05) is 18.7 Å². The second kappa shape index (κ2) is 10.5. The molecule has 0 aliphatic heterocycles. The van der Waals surface area contributed by atoms with E-state index in [9.17, 15) is 9.18 Å². The van der Waals surface area contributed by atoms with E-state index in [2.05, 4.69) is 15.5 Å². The zero-order chi connectivity index (χ0) is 22.4. The predicted octanol–water partition coefficient (Wildman–Crippen LogP) is 3.92. The fourth-order valence-corrected chi connectivity index (χ4v) is 4.24. The lowest BCUT2D eigenvalue weighted by Crippen LogP contribution is -2.35. The average Bonchev–Trinajstić information content (AvgIpc) is 3.15. The van der Waals surface area contributed by atoms with Gasteiger partial charge in [0.15, 0.2) is 11.0 Å². The van der Waals surface area contributed by atoms with E-state index in [-0.39, 0.29) is 23.5 Å². The highest BCUT2D eigenvalue weighted by Crippen LogP contribution is 2.26. The van der Waals surface area contributed by atoms with Gasteiger partial charge in [-0.05, 0) is 51.2 Å². The fraction of sp³-hybridized carbons (Fsp3) is 0.348. The lowest BCUT2D eigenvalue weighted by Gasteiger charge is -2.25. The van der Waals surface area contributed by atoms with Crippen LogP contribution in [-0.2, 0) is 11.3 Å². The van der Waals surface area contributed by atoms with E-state index >= 15 is 0 Å². The lowest BCUT2D eigenvalue weighted by atomic mass is 10.1. The van der Waals surface area contributed by atoms with Crippen LogP contribution in [0, 0.1) is 12.7 Å². The number of carbonyl (C=O) groups excluding carboxylic acids is 1. The molecule has 0 fully saturated rings. The number of benzene rings is 2. The summed E-state index contributed by atoms with van der Waals surface area (Å²) in [7, 11) is 3.82. The summed E-state index contributed by atoms with van der Waals surface area (Å²) in [4.78, 5) is 14.5. The van der Waals surface area contributed by atoms with Crippen molar-refractivity contribution in [3.05, 3.63) is 65.5 Å². The van der Waals surface area contributed by atoms with Crippen molar-refractivity contribution in [2.75, 3.05) is 26.4 Å². The minimum Gasteiger partial charge on any atom is -0.353 e. The number of carbonyl (C=O) groups is 1. The topological polar surface area (TPSA) is 63.1 Å². The molecule has 6 nitrogen and oxygen atoms in total. The van der Waals surface area contributed by atoms with Gasteiger partial charge in [-0.1, -0.05) is 48.2 Å². The smallest absolute Gasteiger partial charge is 0.230 e. The van der Waals surface area contributed by atoms with Gasteiger partial charge in [-0.15, -0.1) is 10.2 Å². The van der Waals surface area contributed by atoms with Crippen LogP contribution in [0.2, 0.25) is 0 Å². The molecule has 1 N–H and O–H groups in total. The molecule has 0 spiro atoms. The Hall–Kier alpha value is -2.71. The predicted molar refractivity (Wildman–Crippen MR) is 122 cm³/mol. The van der Waals surface area contributed by atoms with Gasteiger partial charge in [0.2, 0.25) is 5.91 Å². The van der Waals surface area contributed by atoms with Crippen molar-refractivity contribution >= 4 is 17.7 Å². The minimum atomic E-state index is -0.283. The first-order chi connectivity index (χ1) is 14.9. The lowest BCUT2D eigenvalue weighted by molar-refractivity contribution is -0.118. The maximum atomic E-state index is 13.6. The number of rotatable bonds is 9. The molecule has 0 aliphatic rings. The molecular formula is C23H28FN5OS. The summed E-state index contributed by atoms with van der Waals surface area (Å²) in [6.07, 6.45) is 0. The summed E-state index contributed by atoms with van der Waals surface area (Å²) >= 11 is 1.36. The number of halogens is 1. The highest BCUT2D eigenvalue weighted by molar-refractivity contribution is 7.99. The van der Waals surface area contributed by atoms with Gasteiger partial charge >= 0.3 is 0 Å². The van der Waals surface area contributed by atoms with Crippen molar-refractivity contribution in [2.24, 2.45) is 0 Å². The summed E-state index contributed by atoms with van der Waals surface area (Å²) in [5.74, 6) is 0.656. The first kappa shape index (κ1) is 23.0. The number of nitrogens with zero attached hydrogens (tertiary/aromatic N) is 4. The van der Waals surface area contributed by atoms with E-state index in [4.69, 9.17) is 0 Å². The molecule has 31 heavy (non-hydrogen) atoms. The molecule has 0 radical (unpaired) electrons. The Morgan fingerprint density at radius 2 is 1.97 bits per heavy atom. The van der Waals surface area contributed by atoms with Crippen LogP contribution in [0.5, 0.6) is 0 Å². The van der Waals surface area contributed by atoms with E-state index in [1.807, 2.05) is 67.7 Å². The normalized spacial score (nSPS) is 12.2. The Morgan fingerprint density at radius 3 is 2.65 bits per heavy atom. The molecule has 1 atom stereocenters. The van der Waals surface area contributed by atoms with E-state index in [1.165, 1.54) is 23.9 Å². The molecule has 0 bridgehead atoms. The maximum absolute atomic E-state index is 13.6. The van der Waals surface area contributed by atoms with Crippen molar-refractivity contribution in [3.8, 4) is 11.4 Å². The zero-order valence-electron chi connectivity index (χ0n) is 18.3. The number of amides is 1. The maximum Gasteiger partial charge on any atom is 0.230 e. The van der Waals surface area contributed by atoms with Crippen LogP contribution >= 0.6 is 11.8 Å². The summed E-state index contributed by atoms with van der Waals surface area (Å²) < 4.78 is 15.6. The number of nitrogens with one attached hydrogen (secondary N) is 1. The molecule has 164 valence electrons. The molecule has 3 aromatic rings. The SMILES string of the molecule is CCn1c(SCC(=O)NCC(c2cccc(F)c2)N(C)C)nnc1-c1ccccc1C. The Bertz CT molecular complexity index is 1040. The first-order valence-corrected chi connectivity index (χ1v) is 11.2. The third kappa shape index (κ3) is 5.71. The molecule has 1 aromatic heterocycles. The van der Waals surface area contributed by atoms with Crippen molar-refractivity contribution in [2.45, 2.75) is 31.6 Å². The average molecular weight is 442 g/mol. The number of hydrogen-bond acceptors (Lipinski definition) is 5. The summed E-state index contributed by atoms with van der Waals surface area (Å²) in [6, 6.07) is 14.4. The van der Waals surface area contributed by atoms with E-state index in [0.717, 1.165) is 22.5 Å². The Morgan fingerprint density at radius 1 is 1.19 bits per heavy atom. The standard InChI is InChI=1S/C23H28FN5OS/c1-5-29-22(19-12-7-6-9-16(19)2)26-27-23(29)31-15-21(30)25-14-20(28(3)4)17-10-8-11-18(24)13-17/h6-13,20H,5,14-15H2,1-4H3,(H,25,30). The fourth-order valence-electron chi connectivity index (χ4n) is 3.41. The molecule has 0 saturated carbocycles. The third-order valence-electron chi connectivity index (χ3n) is 5.10. The molecule has 1 unspecified atom stereocenters. The number of likely N-dealkylation sites (N-methyl/N-ethyl adjacent to an activating group) is 1. The van der Waals surface area contributed by atoms with Crippen molar-refractivity contribution in [3.63, 3.8) is 0 Å². The van der Waals surface area contributed by atoms with Gasteiger partial charge in [-0.25, -0.2) is 4.39 Å². The van der Waals surface area contributed by atoms with Crippen LogP contribution in [0.3, 0.4) is 0 Å². The minimum absolute atomic E-state index is 0.101. The van der Waals surface area contributed by atoms with Crippen LogP contribution in [0.15, 0.2) is 53.7 Å². The largest absolute Gasteiger partial charge is 0.353 e. The van der Waals surface area contributed by atoms with Crippen molar-refractivity contribution in [1.29, 1.82) is 0 Å². The van der Waals surface area contributed by atoms with Gasteiger partial charge in [0.25, 0.3) is 0 Å². The van der Waals surface area contributed by atoms with E-state index < -0.39 is 0 Å². The summed E-state index contributed by atoms with van der Waals surface area (Å²) in [6.45, 7) is 5.19. The molecular weight excluding hydrogens is 413 g/mol. The summed E-state index contributed by atoms with van der Waals surface area (Å²) in [5, 5.41) is 12.3. The molecule has 1 amide bonds. The van der Waals surface area contributed by atoms with E-state index in [1.54, 1.807) is 6.07 Å². The van der Waals surface area contributed by atoms with Gasteiger partial charge in [0.05, 0.1) is 11.8 Å². The highest BCUT2D eigenvalue weighted by atomic mass is 32.2. The molecule has 2 aromatic carbocycles. The third-order valence-corrected chi connectivity index (χ3v) is 6.07. The molecule has 1 heterocycles. The van der Waals surface area contributed by atoms with E-state index in [0.29, 0.717) is 18.2 Å². The molecule has 0 saturated heterocycles.